The van der Waals surface area contributed by atoms with Gasteiger partial charge in [0.25, 0.3) is 5.56 Å². The monoisotopic (exact) mass is 349 g/mol. The number of aromatic nitrogens is 1. The average Bonchev–Trinajstić information content (AvgIpc) is 2.67. The number of fused-ring (bicyclic) bond motifs is 1. The van der Waals surface area contributed by atoms with Gasteiger partial charge in [-0.3, -0.25) is 19.7 Å². The van der Waals surface area contributed by atoms with Crippen LogP contribution in [0.2, 0.25) is 0 Å². The first-order valence-electron chi connectivity index (χ1n) is 8.81. The maximum atomic E-state index is 11.9. The van der Waals surface area contributed by atoms with Crippen molar-refractivity contribution >= 4 is 22.7 Å². The van der Waals surface area contributed by atoms with Gasteiger partial charge in [-0.15, -0.1) is 0 Å². The van der Waals surface area contributed by atoms with Crippen LogP contribution in [0.5, 0.6) is 5.88 Å². The molecule has 1 heterocycles. The zero-order chi connectivity index (χ0) is 18.5. The Balaban J connectivity index is 1.87. The van der Waals surface area contributed by atoms with E-state index in [1.54, 1.807) is 24.4 Å². The maximum absolute atomic E-state index is 11.9. The highest BCUT2D eigenvalue weighted by molar-refractivity contribution is 6.01. The summed E-state index contributed by atoms with van der Waals surface area (Å²) in [6.07, 6.45) is 1.59. The molecule has 2 aromatic carbocycles. The Kier molecular flexibility index (Phi) is 5.49. The van der Waals surface area contributed by atoms with E-state index in [1.807, 2.05) is 18.2 Å². The highest BCUT2D eigenvalue weighted by Gasteiger charge is 2.08. The second kappa shape index (κ2) is 7.97. The molecule has 3 rings (SSSR count). The van der Waals surface area contributed by atoms with E-state index in [9.17, 15) is 9.90 Å². The van der Waals surface area contributed by atoms with E-state index in [0.717, 1.165) is 25.3 Å². The Morgan fingerprint density at radius 3 is 2.35 bits per heavy atom. The fraction of sp³-hybridized carbons (Fsp3) is 0.238. The number of hydrogen-bond donors (Lipinski definition) is 2. The summed E-state index contributed by atoms with van der Waals surface area (Å²) in [6, 6.07) is 15.2. The topological polar surface area (TPSA) is 68.7 Å². The lowest BCUT2D eigenvalue weighted by Gasteiger charge is -2.17. The van der Waals surface area contributed by atoms with Gasteiger partial charge in [0.05, 0.1) is 11.3 Å². The van der Waals surface area contributed by atoms with Gasteiger partial charge in [-0.2, -0.15) is 0 Å². The minimum Gasteiger partial charge on any atom is -0.494 e. The molecule has 0 fully saturated rings. The highest BCUT2D eigenvalue weighted by atomic mass is 16.3. The van der Waals surface area contributed by atoms with Crippen molar-refractivity contribution < 1.29 is 5.11 Å². The molecule has 3 aromatic rings. The van der Waals surface area contributed by atoms with Crippen LogP contribution in [-0.2, 0) is 6.54 Å². The van der Waals surface area contributed by atoms with Gasteiger partial charge in [-0.25, -0.2) is 0 Å². The minimum absolute atomic E-state index is 0.171. The third kappa shape index (κ3) is 3.83. The molecule has 0 aliphatic carbocycles. The van der Waals surface area contributed by atoms with Crippen molar-refractivity contribution in [2.24, 2.45) is 4.99 Å². The third-order valence-electron chi connectivity index (χ3n) is 4.53. The summed E-state index contributed by atoms with van der Waals surface area (Å²) in [5, 5.41) is 11.3. The van der Waals surface area contributed by atoms with E-state index in [0.29, 0.717) is 16.3 Å². The molecule has 26 heavy (non-hydrogen) atoms. The van der Waals surface area contributed by atoms with Gasteiger partial charge in [0.2, 0.25) is 5.88 Å². The van der Waals surface area contributed by atoms with Crippen LogP contribution in [0.15, 0.2) is 58.3 Å². The number of rotatable bonds is 6. The Labute approximate surface area is 152 Å². The van der Waals surface area contributed by atoms with Crippen molar-refractivity contribution in [3.05, 3.63) is 70.0 Å². The normalized spacial score (nSPS) is 11.7. The highest BCUT2D eigenvalue weighted by Crippen LogP contribution is 2.22. The van der Waals surface area contributed by atoms with Crippen LogP contribution in [0.25, 0.3) is 10.8 Å². The molecule has 5 nitrogen and oxygen atoms in total. The van der Waals surface area contributed by atoms with Crippen LogP contribution in [0.3, 0.4) is 0 Å². The first-order valence-corrected chi connectivity index (χ1v) is 8.81. The Bertz CT molecular complexity index is 971. The standard InChI is InChI=1S/C21H23N3O2/c1-3-24(4-2)14-15-9-11-16(12-10-15)22-13-19-17-7-5-6-8-18(17)20(25)23-21(19)26/h5-13H,3-4,14H2,1-2H3,(H2,23,25,26). The first kappa shape index (κ1) is 17.9. The molecule has 5 heteroatoms. The van der Waals surface area contributed by atoms with Crippen LogP contribution in [-0.4, -0.2) is 34.3 Å². The lowest BCUT2D eigenvalue weighted by molar-refractivity contribution is 0.296. The molecule has 0 saturated heterocycles. The number of pyridine rings is 1. The third-order valence-corrected chi connectivity index (χ3v) is 4.53. The molecule has 0 radical (unpaired) electrons. The number of H-pyrrole nitrogens is 1. The summed E-state index contributed by atoms with van der Waals surface area (Å²) in [5.74, 6) is -0.171. The second-order valence-corrected chi connectivity index (χ2v) is 6.15. The van der Waals surface area contributed by atoms with Crippen molar-refractivity contribution in [2.75, 3.05) is 13.1 Å². The van der Waals surface area contributed by atoms with Crippen molar-refractivity contribution in [1.82, 2.24) is 9.88 Å². The van der Waals surface area contributed by atoms with Gasteiger partial charge < -0.3 is 5.11 Å². The van der Waals surface area contributed by atoms with Crippen molar-refractivity contribution in [3.63, 3.8) is 0 Å². The second-order valence-electron chi connectivity index (χ2n) is 6.15. The minimum atomic E-state index is -0.309. The summed E-state index contributed by atoms with van der Waals surface area (Å²) in [6.45, 7) is 7.28. The van der Waals surface area contributed by atoms with Crippen LogP contribution in [0.1, 0.15) is 25.0 Å². The number of aliphatic imine (C=N–C) groups is 1. The Morgan fingerprint density at radius 2 is 1.69 bits per heavy atom. The molecule has 0 aliphatic heterocycles. The molecule has 134 valence electrons. The summed E-state index contributed by atoms with van der Waals surface area (Å²) in [4.78, 5) is 21.2. The lowest BCUT2D eigenvalue weighted by Crippen LogP contribution is -2.21. The molecule has 1 aromatic heterocycles. The fourth-order valence-electron chi connectivity index (χ4n) is 2.95. The van der Waals surface area contributed by atoms with Gasteiger partial charge in [-0.1, -0.05) is 44.2 Å². The average molecular weight is 349 g/mol. The predicted molar refractivity (Wildman–Crippen MR) is 107 cm³/mol. The molecule has 0 atom stereocenters. The van der Waals surface area contributed by atoms with Crippen LogP contribution in [0.4, 0.5) is 5.69 Å². The van der Waals surface area contributed by atoms with Crippen molar-refractivity contribution in [3.8, 4) is 5.88 Å². The fourth-order valence-corrected chi connectivity index (χ4v) is 2.95. The van der Waals surface area contributed by atoms with Crippen LogP contribution < -0.4 is 5.56 Å². The lowest BCUT2D eigenvalue weighted by atomic mass is 10.1. The summed E-state index contributed by atoms with van der Waals surface area (Å²) < 4.78 is 0. The quantitative estimate of drug-likeness (QED) is 0.665. The molecule has 0 unspecified atom stereocenters. The van der Waals surface area contributed by atoms with Gasteiger partial charge >= 0.3 is 0 Å². The number of benzene rings is 2. The summed E-state index contributed by atoms with van der Waals surface area (Å²) >= 11 is 0. The van der Waals surface area contributed by atoms with Gasteiger partial charge in [-0.05, 0) is 36.9 Å². The summed E-state index contributed by atoms with van der Waals surface area (Å²) in [7, 11) is 0. The van der Waals surface area contributed by atoms with E-state index in [4.69, 9.17) is 0 Å². The number of hydrogen-bond acceptors (Lipinski definition) is 4. The van der Waals surface area contributed by atoms with Gasteiger partial charge in [0.1, 0.15) is 0 Å². The van der Waals surface area contributed by atoms with Crippen molar-refractivity contribution in [2.45, 2.75) is 20.4 Å². The number of aromatic amines is 1. The predicted octanol–water partition coefficient (Wildman–Crippen LogP) is 3.83. The summed E-state index contributed by atoms with van der Waals surface area (Å²) in [5.41, 5.74) is 2.23. The number of nitrogens with zero attached hydrogens (tertiary/aromatic N) is 2. The molecule has 0 bridgehead atoms. The van der Waals surface area contributed by atoms with Gasteiger partial charge in [0, 0.05) is 23.5 Å². The van der Waals surface area contributed by atoms with E-state index in [2.05, 4.69) is 40.9 Å². The molecule has 0 amide bonds. The molecule has 0 aliphatic rings. The Morgan fingerprint density at radius 1 is 1.04 bits per heavy atom. The first-order chi connectivity index (χ1) is 12.6. The Hall–Kier alpha value is -2.92. The number of aromatic hydroxyl groups is 1. The largest absolute Gasteiger partial charge is 0.494 e. The molecular formula is C21H23N3O2. The molecule has 0 saturated carbocycles. The van der Waals surface area contributed by atoms with Crippen LogP contribution >= 0.6 is 0 Å². The zero-order valence-electron chi connectivity index (χ0n) is 15.1. The smallest absolute Gasteiger partial charge is 0.258 e. The number of nitrogens with one attached hydrogen (secondary N) is 1. The zero-order valence-corrected chi connectivity index (χ0v) is 15.1. The van der Waals surface area contributed by atoms with Crippen molar-refractivity contribution in [1.29, 1.82) is 0 Å². The molecule has 2 N–H and O–H groups in total. The SMILES string of the molecule is CCN(CC)Cc1ccc(N=Cc2c(O)[nH]c(=O)c3ccccc23)cc1. The maximum Gasteiger partial charge on any atom is 0.258 e. The molecular weight excluding hydrogens is 326 g/mol. The molecule has 0 spiro atoms. The van der Waals surface area contributed by atoms with E-state index in [-0.39, 0.29) is 11.4 Å². The van der Waals surface area contributed by atoms with Crippen LogP contribution in [0, 0.1) is 0 Å². The van der Waals surface area contributed by atoms with E-state index >= 15 is 0 Å². The van der Waals surface area contributed by atoms with E-state index in [1.165, 1.54) is 5.56 Å². The van der Waals surface area contributed by atoms with E-state index < -0.39 is 0 Å². The van der Waals surface area contributed by atoms with Gasteiger partial charge in [0.15, 0.2) is 0 Å².